The minimum absolute atomic E-state index is 0.113. The summed E-state index contributed by atoms with van der Waals surface area (Å²) in [5, 5.41) is 0. The SMILES string of the molecule is C[C@H](c1ccc(C(=O)N(C)Cc2cnc3ccccn23)o1)N1CCCCC1. The molecule has 0 aliphatic carbocycles. The summed E-state index contributed by atoms with van der Waals surface area (Å²) >= 11 is 0. The molecule has 1 fully saturated rings. The molecular formula is C21H26N4O2. The van der Waals surface area contributed by atoms with Gasteiger partial charge in [-0.1, -0.05) is 12.5 Å². The summed E-state index contributed by atoms with van der Waals surface area (Å²) in [6.45, 7) is 4.82. The van der Waals surface area contributed by atoms with Crippen LogP contribution in [0.25, 0.3) is 5.65 Å². The third-order valence-corrected chi connectivity index (χ3v) is 5.43. The minimum atomic E-state index is -0.113. The quantitative estimate of drug-likeness (QED) is 0.690. The Bertz CT molecular complexity index is 923. The lowest BCUT2D eigenvalue weighted by atomic mass is 10.1. The van der Waals surface area contributed by atoms with Crippen LogP contribution in [0.2, 0.25) is 0 Å². The number of carbonyl (C=O) groups excluding carboxylic acids is 1. The van der Waals surface area contributed by atoms with Crippen LogP contribution in [0, 0.1) is 0 Å². The number of hydrogen-bond acceptors (Lipinski definition) is 4. The maximum Gasteiger partial charge on any atom is 0.289 e. The highest BCUT2D eigenvalue weighted by atomic mass is 16.4. The van der Waals surface area contributed by atoms with Gasteiger partial charge in [0.2, 0.25) is 0 Å². The van der Waals surface area contributed by atoms with E-state index in [1.54, 1.807) is 18.0 Å². The number of pyridine rings is 1. The molecule has 142 valence electrons. The van der Waals surface area contributed by atoms with Gasteiger partial charge in [0, 0.05) is 13.2 Å². The molecule has 0 aromatic carbocycles. The number of hydrogen-bond donors (Lipinski definition) is 0. The fourth-order valence-corrected chi connectivity index (χ4v) is 3.78. The van der Waals surface area contributed by atoms with E-state index in [1.165, 1.54) is 19.3 Å². The van der Waals surface area contributed by atoms with Gasteiger partial charge in [0.25, 0.3) is 5.91 Å². The molecule has 3 aromatic heterocycles. The zero-order valence-electron chi connectivity index (χ0n) is 16.0. The van der Waals surface area contributed by atoms with Gasteiger partial charge in [-0.15, -0.1) is 0 Å². The molecular weight excluding hydrogens is 340 g/mol. The van der Waals surface area contributed by atoms with Crippen molar-refractivity contribution in [2.24, 2.45) is 0 Å². The Morgan fingerprint density at radius 3 is 2.85 bits per heavy atom. The van der Waals surface area contributed by atoms with Gasteiger partial charge < -0.3 is 13.7 Å². The molecule has 0 N–H and O–H groups in total. The normalized spacial score (nSPS) is 16.5. The van der Waals surface area contributed by atoms with Gasteiger partial charge in [0.1, 0.15) is 11.4 Å². The Morgan fingerprint density at radius 1 is 1.22 bits per heavy atom. The van der Waals surface area contributed by atoms with E-state index in [2.05, 4.69) is 16.8 Å². The first-order chi connectivity index (χ1) is 13.1. The number of fused-ring (bicyclic) bond motifs is 1. The summed E-state index contributed by atoms with van der Waals surface area (Å²) in [6.07, 6.45) is 7.54. The van der Waals surface area contributed by atoms with Crippen LogP contribution in [-0.4, -0.2) is 45.2 Å². The number of amides is 1. The van der Waals surface area contributed by atoms with Crippen molar-refractivity contribution in [3.8, 4) is 0 Å². The Kier molecular flexibility index (Phi) is 4.99. The molecule has 27 heavy (non-hydrogen) atoms. The summed E-state index contributed by atoms with van der Waals surface area (Å²) in [5.41, 5.74) is 1.85. The molecule has 0 bridgehead atoms. The zero-order chi connectivity index (χ0) is 18.8. The van der Waals surface area contributed by atoms with Crippen LogP contribution >= 0.6 is 0 Å². The van der Waals surface area contributed by atoms with Crippen LogP contribution in [-0.2, 0) is 6.54 Å². The molecule has 6 nitrogen and oxygen atoms in total. The van der Waals surface area contributed by atoms with Gasteiger partial charge in [-0.25, -0.2) is 4.98 Å². The summed E-state index contributed by atoms with van der Waals surface area (Å²) < 4.78 is 7.93. The smallest absolute Gasteiger partial charge is 0.289 e. The number of likely N-dealkylation sites (tertiary alicyclic amines) is 1. The van der Waals surface area contributed by atoms with Gasteiger partial charge in [0.05, 0.1) is 24.5 Å². The van der Waals surface area contributed by atoms with E-state index in [1.807, 2.05) is 41.1 Å². The number of rotatable bonds is 5. The van der Waals surface area contributed by atoms with Crippen LogP contribution in [0.15, 0.2) is 47.1 Å². The van der Waals surface area contributed by atoms with E-state index in [-0.39, 0.29) is 11.9 Å². The van der Waals surface area contributed by atoms with Crippen molar-refractivity contribution in [3.63, 3.8) is 0 Å². The predicted octanol–water partition coefficient (Wildman–Crippen LogP) is 3.75. The Labute approximate surface area is 159 Å². The van der Waals surface area contributed by atoms with E-state index in [0.29, 0.717) is 12.3 Å². The number of aromatic nitrogens is 2. The summed E-state index contributed by atoms with van der Waals surface area (Å²) in [7, 11) is 1.79. The van der Waals surface area contributed by atoms with E-state index in [9.17, 15) is 4.79 Å². The first-order valence-corrected chi connectivity index (χ1v) is 9.63. The monoisotopic (exact) mass is 366 g/mol. The predicted molar refractivity (Wildman–Crippen MR) is 104 cm³/mol. The number of nitrogens with zero attached hydrogens (tertiary/aromatic N) is 4. The van der Waals surface area contributed by atoms with Gasteiger partial charge in [-0.2, -0.15) is 0 Å². The van der Waals surface area contributed by atoms with Crippen LogP contribution < -0.4 is 0 Å². The lowest BCUT2D eigenvalue weighted by Gasteiger charge is -2.31. The summed E-state index contributed by atoms with van der Waals surface area (Å²) in [4.78, 5) is 21.3. The second kappa shape index (κ2) is 7.56. The number of carbonyl (C=O) groups is 1. The summed E-state index contributed by atoms with van der Waals surface area (Å²) in [5.74, 6) is 1.15. The first kappa shape index (κ1) is 17.8. The van der Waals surface area contributed by atoms with Crippen molar-refractivity contribution in [2.45, 2.75) is 38.8 Å². The highest BCUT2D eigenvalue weighted by molar-refractivity contribution is 5.91. The van der Waals surface area contributed by atoms with Crippen LogP contribution in [0.5, 0.6) is 0 Å². The third-order valence-electron chi connectivity index (χ3n) is 5.43. The summed E-state index contributed by atoms with van der Waals surface area (Å²) in [6, 6.07) is 9.80. The Balaban J connectivity index is 1.45. The van der Waals surface area contributed by atoms with Crippen molar-refractivity contribution in [1.29, 1.82) is 0 Å². The van der Waals surface area contributed by atoms with Crippen molar-refractivity contribution in [1.82, 2.24) is 19.2 Å². The Hall–Kier alpha value is -2.60. The second-order valence-corrected chi connectivity index (χ2v) is 7.31. The molecule has 4 heterocycles. The van der Waals surface area contributed by atoms with E-state index in [0.717, 1.165) is 30.2 Å². The first-order valence-electron chi connectivity index (χ1n) is 9.63. The van der Waals surface area contributed by atoms with Gasteiger partial charge >= 0.3 is 0 Å². The molecule has 1 atom stereocenters. The average Bonchev–Trinajstić information content (AvgIpc) is 3.35. The molecule has 1 aliphatic rings. The average molecular weight is 366 g/mol. The van der Waals surface area contributed by atoms with Crippen LogP contribution in [0.3, 0.4) is 0 Å². The molecule has 1 aliphatic heterocycles. The molecule has 1 saturated heterocycles. The maximum atomic E-state index is 12.8. The standard InChI is InChI=1S/C21H26N4O2/c1-16(24-11-5-3-6-12-24)18-9-10-19(27-18)21(26)23(2)15-17-14-22-20-8-4-7-13-25(17)20/h4,7-10,13-14,16H,3,5-6,11-12,15H2,1-2H3/t16-/m1/s1. The van der Waals surface area contributed by atoms with Crippen molar-refractivity contribution in [3.05, 3.63) is 59.9 Å². The molecule has 0 saturated carbocycles. The number of piperidine rings is 1. The lowest BCUT2D eigenvalue weighted by Crippen LogP contribution is -2.32. The van der Waals surface area contributed by atoms with Crippen molar-refractivity contribution < 1.29 is 9.21 Å². The zero-order valence-corrected chi connectivity index (χ0v) is 16.0. The van der Waals surface area contributed by atoms with Gasteiger partial charge in [0.15, 0.2) is 5.76 Å². The number of imidazole rings is 1. The molecule has 6 heteroatoms. The molecule has 3 aromatic rings. The van der Waals surface area contributed by atoms with E-state index >= 15 is 0 Å². The number of furan rings is 1. The molecule has 0 radical (unpaired) electrons. The van der Waals surface area contributed by atoms with Gasteiger partial charge in [-0.05, 0) is 57.1 Å². The fourth-order valence-electron chi connectivity index (χ4n) is 3.78. The molecule has 0 spiro atoms. The van der Waals surface area contributed by atoms with E-state index < -0.39 is 0 Å². The molecule has 1 amide bonds. The minimum Gasteiger partial charge on any atom is -0.454 e. The molecule has 4 rings (SSSR count). The topological polar surface area (TPSA) is 54.0 Å². The van der Waals surface area contributed by atoms with Crippen molar-refractivity contribution >= 4 is 11.6 Å². The molecule has 0 unspecified atom stereocenters. The highest BCUT2D eigenvalue weighted by Crippen LogP contribution is 2.26. The third kappa shape index (κ3) is 3.62. The highest BCUT2D eigenvalue weighted by Gasteiger charge is 2.23. The van der Waals surface area contributed by atoms with Gasteiger partial charge in [-0.3, -0.25) is 9.69 Å². The second-order valence-electron chi connectivity index (χ2n) is 7.31. The van der Waals surface area contributed by atoms with Crippen LogP contribution in [0.4, 0.5) is 0 Å². The fraction of sp³-hybridized carbons (Fsp3) is 0.429. The largest absolute Gasteiger partial charge is 0.454 e. The lowest BCUT2D eigenvalue weighted by molar-refractivity contribution is 0.0743. The van der Waals surface area contributed by atoms with Crippen LogP contribution in [0.1, 0.15) is 54.2 Å². The maximum absolute atomic E-state index is 12.8. The Morgan fingerprint density at radius 2 is 2.04 bits per heavy atom. The van der Waals surface area contributed by atoms with E-state index in [4.69, 9.17) is 4.42 Å². The van der Waals surface area contributed by atoms with Crippen molar-refractivity contribution in [2.75, 3.05) is 20.1 Å².